The van der Waals surface area contributed by atoms with E-state index in [9.17, 15) is 9.59 Å². The van der Waals surface area contributed by atoms with Crippen LogP contribution in [0.25, 0.3) is 16.2 Å². The second kappa shape index (κ2) is 8.73. The quantitative estimate of drug-likeness (QED) is 0.343. The van der Waals surface area contributed by atoms with E-state index >= 15 is 0 Å². The van der Waals surface area contributed by atoms with E-state index in [1.165, 1.54) is 11.3 Å². The van der Waals surface area contributed by atoms with Crippen molar-refractivity contribution in [2.45, 2.75) is 12.8 Å². The van der Waals surface area contributed by atoms with Gasteiger partial charge in [0.2, 0.25) is 16.8 Å². The van der Waals surface area contributed by atoms with E-state index in [2.05, 4.69) is 15.4 Å². The fourth-order valence-corrected chi connectivity index (χ4v) is 4.14. The van der Waals surface area contributed by atoms with Gasteiger partial charge in [0.05, 0.1) is 10.7 Å². The van der Waals surface area contributed by atoms with Crippen molar-refractivity contribution in [3.8, 4) is 11.3 Å². The van der Waals surface area contributed by atoms with E-state index in [4.69, 9.17) is 34.8 Å². The molecule has 0 unspecified atom stereocenters. The molecule has 2 aromatic carbocycles. The molecule has 2 heterocycles. The summed E-state index contributed by atoms with van der Waals surface area (Å²) < 4.78 is 1.59. The van der Waals surface area contributed by atoms with Crippen LogP contribution in [0, 0.1) is 0 Å². The first-order valence-electron chi connectivity index (χ1n) is 8.79. The van der Waals surface area contributed by atoms with Crippen molar-refractivity contribution < 1.29 is 9.59 Å². The predicted molar refractivity (Wildman–Crippen MR) is 120 cm³/mol. The Labute approximate surface area is 190 Å². The van der Waals surface area contributed by atoms with Crippen LogP contribution in [-0.2, 0) is 4.79 Å². The first-order valence-corrected chi connectivity index (χ1v) is 10.8. The summed E-state index contributed by atoms with van der Waals surface area (Å²) in [7, 11) is 0. The summed E-state index contributed by atoms with van der Waals surface area (Å²) in [4.78, 5) is 29.3. The molecule has 1 N–H and O–H groups in total. The molecule has 4 aromatic rings. The Balaban J connectivity index is 1.45. The maximum absolute atomic E-state index is 12.2. The number of aromatic nitrogens is 3. The number of Topliss-reactive ketones (excluding diaryl/α,β-unsaturated/α-hetero) is 1. The maximum atomic E-state index is 12.2. The van der Waals surface area contributed by atoms with E-state index < -0.39 is 0 Å². The molecule has 0 bridgehead atoms. The van der Waals surface area contributed by atoms with E-state index in [1.54, 1.807) is 47.0 Å². The molecular weight excluding hydrogens is 467 g/mol. The molecule has 0 aliphatic heterocycles. The number of fused-ring (bicyclic) bond motifs is 1. The number of amides is 1. The summed E-state index contributed by atoms with van der Waals surface area (Å²) in [6.07, 6.45) is 0.0837. The number of halogens is 3. The number of ketones is 1. The Bertz CT molecular complexity index is 1250. The van der Waals surface area contributed by atoms with Gasteiger partial charge < -0.3 is 0 Å². The monoisotopic (exact) mass is 478 g/mol. The van der Waals surface area contributed by atoms with Crippen LogP contribution in [-0.4, -0.2) is 26.3 Å². The number of benzene rings is 2. The lowest BCUT2D eigenvalue weighted by atomic mass is 10.1. The number of carbonyl (C=O) groups excluding carboxylic acids is 2. The Morgan fingerprint density at radius 1 is 1.00 bits per heavy atom. The van der Waals surface area contributed by atoms with Gasteiger partial charge in [-0.2, -0.15) is 4.98 Å². The number of nitrogens with one attached hydrogen (secondary N) is 1. The second-order valence-electron chi connectivity index (χ2n) is 6.35. The highest BCUT2D eigenvalue weighted by Gasteiger charge is 2.16. The summed E-state index contributed by atoms with van der Waals surface area (Å²) in [6.45, 7) is 0. The normalized spacial score (nSPS) is 11.0. The van der Waals surface area contributed by atoms with Crippen LogP contribution in [0.2, 0.25) is 15.1 Å². The molecule has 0 saturated carbocycles. The van der Waals surface area contributed by atoms with Gasteiger partial charge in [-0.25, -0.2) is 4.52 Å². The molecule has 2 aromatic heterocycles. The summed E-state index contributed by atoms with van der Waals surface area (Å²) >= 11 is 19.5. The minimum absolute atomic E-state index is 0.0152. The molecular formula is C20H13Cl3N4O2S. The van der Waals surface area contributed by atoms with Crippen LogP contribution >= 0.6 is 46.1 Å². The number of thiazole rings is 1. The molecule has 6 nitrogen and oxygen atoms in total. The summed E-state index contributed by atoms with van der Waals surface area (Å²) in [5.74, 6) is -0.332. The van der Waals surface area contributed by atoms with Crippen LogP contribution in [0.5, 0.6) is 0 Å². The van der Waals surface area contributed by atoms with Gasteiger partial charge in [-0.15, -0.1) is 16.4 Å². The zero-order valence-electron chi connectivity index (χ0n) is 15.2. The van der Waals surface area contributed by atoms with Crippen LogP contribution in [0.1, 0.15) is 23.2 Å². The topological polar surface area (TPSA) is 76.4 Å². The van der Waals surface area contributed by atoms with E-state index in [0.717, 1.165) is 0 Å². The molecule has 1 amide bonds. The van der Waals surface area contributed by atoms with Crippen LogP contribution in [0.15, 0.2) is 47.8 Å². The fraction of sp³-hybridized carbons (Fsp3) is 0.100. The largest absolute Gasteiger partial charge is 0.294 e. The van der Waals surface area contributed by atoms with Gasteiger partial charge in [0, 0.05) is 39.4 Å². The lowest BCUT2D eigenvalue weighted by molar-refractivity contribution is -0.116. The highest BCUT2D eigenvalue weighted by atomic mass is 35.5. The van der Waals surface area contributed by atoms with Crippen LogP contribution < -0.4 is 5.32 Å². The van der Waals surface area contributed by atoms with Crippen molar-refractivity contribution in [1.29, 1.82) is 0 Å². The Hall–Kier alpha value is -2.45. The second-order valence-corrected chi connectivity index (χ2v) is 8.47. The van der Waals surface area contributed by atoms with Gasteiger partial charge in [0.15, 0.2) is 5.78 Å². The lowest BCUT2D eigenvalue weighted by Crippen LogP contribution is -2.14. The molecule has 10 heteroatoms. The zero-order chi connectivity index (χ0) is 21.3. The molecule has 0 saturated heterocycles. The number of carbonyl (C=O) groups is 2. The first-order chi connectivity index (χ1) is 14.4. The number of rotatable bonds is 6. The first kappa shape index (κ1) is 20.8. The van der Waals surface area contributed by atoms with Crippen molar-refractivity contribution in [1.82, 2.24) is 14.6 Å². The SMILES string of the molecule is O=C(CCC(=O)c1ccc(Cl)cc1)Nc1nc2scc(-c3cc(Cl)ccc3Cl)n2n1. The number of nitrogens with zero attached hydrogens (tertiary/aromatic N) is 3. The fourth-order valence-electron chi connectivity index (χ4n) is 2.81. The molecule has 152 valence electrons. The van der Waals surface area contributed by atoms with Gasteiger partial charge in [-0.05, 0) is 42.5 Å². The van der Waals surface area contributed by atoms with Crippen molar-refractivity contribution in [3.63, 3.8) is 0 Å². The van der Waals surface area contributed by atoms with Crippen molar-refractivity contribution >= 4 is 68.7 Å². The molecule has 0 fully saturated rings. The molecule has 0 atom stereocenters. The van der Waals surface area contributed by atoms with E-state index in [0.29, 0.717) is 36.8 Å². The standard InChI is InChI=1S/C20H13Cl3N4O2S/c21-12-3-1-11(2-4-12)17(28)7-8-18(29)24-19-25-20-27(26-19)16(10-30-20)14-9-13(22)5-6-15(14)23/h1-6,9-10H,7-8H2,(H,24,26,29). The summed E-state index contributed by atoms with van der Waals surface area (Å²) in [6, 6.07) is 11.7. The molecule has 0 spiro atoms. The average molecular weight is 480 g/mol. The predicted octanol–water partition coefficient (Wildman–Crippen LogP) is 6.02. The molecule has 4 rings (SSSR count). The minimum Gasteiger partial charge on any atom is -0.294 e. The average Bonchev–Trinajstić information content (AvgIpc) is 3.29. The lowest BCUT2D eigenvalue weighted by Gasteiger charge is -2.03. The highest BCUT2D eigenvalue weighted by molar-refractivity contribution is 7.15. The Morgan fingerprint density at radius 3 is 2.50 bits per heavy atom. The highest BCUT2D eigenvalue weighted by Crippen LogP contribution is 2.33. The van der Waals surface area contributed by atoms with Crippen LogP contribution in [0.4, 0.5) is 5.95 Å². The summed E-state index contributed by atoms with van der Waals surface area (Å²) in [5, 5.41) is 10.5. The van der Waals surface area contributed by atoms with Crippen LogP contribution in [0.3, 0.4) is 0 Å². The Morgan fingerprint density at radius 2 is 1.73 bits per heavy atom. The smallest absolute Gasteiger partial charge is 0.250 e. The molecule has 0 radical (unpaired) electrons. The maximum Gasteiger partial charge on any atom is 0.250 e. The molecule has 0 aliphatic rings. The van der Waals surface area contributed by atoms with Crippen molar-refractivity contribution in [2.24, 2.45) is 0 Å². The van der Waals surface area contributed by atoms with E-state index in [1.807, 2.05) is 5.38 Å². The van der Waals surface area contributed by atoms with Crippen molar-refractivity contribution in [3.05, 3.63) is 68.5 Å². The minimum atomic E-state index is -0.349. The number of anilines is 1. The van der Waals surface area contributed by atoms with Gasteiger partial charge >= 0.3 is 0 Å². The van der Waals surface area contributed by atoms with Gasteiger partial charge in [0.25, 0.3) is 0 Å². The van der Waals surface area contributed by atoms with Gasteiger partial charge in [-0.1, -0.05) is 34.8 Å². The third-order valence-corrected chi connectivity index (χ3v) is 5.92. The summed E-state index contributed by atoms with van der Waals surface area (Å²) in [5.41, 5.74) is 1.94. The number of hydrogen-bond acceptors (Lipinski definition) is 5. The Kier molecular flexibility index (Phi) is 6.06. The van der Waals surface area contributed by atoms with E-state index in [-0.39, 0.29) is 30.5 Å². The third-order valence-electron chi connectivity index (χ3n) is 4.28. The number of hydrogen-bond donors (Lipinski definition) is 1. The molecule has 30 heavy (non-hydrogen) atoms. The molecule has 0 aliphatic carbocycles. The van der Waals surface area contributed by atoms with Crippen molar-refractivity contribution in [2.75, 3.05) is 5.32 Å². The third kappa shape index (κ3) is 4.49. The van der Waals surface area contributed by atoms with Gasteiger partial charge in [-0.3, -0.25) is 14.9 Å². The van der Waals surface area contributed by atoms with Gasteiger partial charge in [0.1, 0.15) is 0 Å². The zero-order valence-corrected chi connectivity index (χ0v) is 18.3.